The van der Waals surface area contributed by atoms with Crippen molar-refractivity contribution in [2.24, 2.45) is 11.1 Å². The van der Waals surface area contributed by atoms with Gasteiger partial charge in [0.05, 0.1) is 16.8 Å². The molecule has 4 fully saturated rings. The molecule has 3 N–H and O–H groups in total. The molecular formula is C28H29FN8O5. The van der Waals surface area contributed by atoms with Gasteiger partial charge in [-0.25, -0.2) is 4.39 Å². The van der Waals surface area contributed by atoms with E-state index in [9.17, 15) is 24.0 Å². The van der Waals surface area contributed by atoms with E-state index >= 15 is 4.39 Å². The molecule has 1 spiro atoms. The summed E-state index contributed by atoms with van der Waals surface area (Å²) in [6.45, 7) is 4.42. The lowest BCUT2D eigenvalue weighted by atomic mass is 9.60. The molecule has 1 unspecified atom stereocenters. The SMILES string of the molecule is NC(=O)c1ccc(N2CC3(CC(N4CCN(c5cc6c(cc5F)C(=O)N(C5CCC(=O)NC5=O)C6=O)CC4)C3)C2)nn1. The van der Waals surface area contributed by atoms with E-state index in [4.69, 9.17) is 5.73 Å². The number of rotatable bonds is 5. The van der Waals surface area contributed by atoms with Gasteiger partial charge in [-0.05, 0) is 43.5 Å². The van der Waals surface area contributed by atoms with Gasteiger partial charge in [-0.2, -0.15) is 0 Å². The minimum atomic E-state index is -1.09. The third-order valence-electron chi connectivity index (χ3n) is 9.30. The van der Waals surface area contributed by atoms with Crippen LogP contribution in [0, 0.1) is 11.2 Å². The Morgan fingerprint density at radius 3 is 2.26 bits per heavy atom. The number of fused-ring (bicyclic) bond motifs is 1. The van der Waals surface area contributed by atoms with Crippen LogP contribution >= 0.6 is 0 Å². The van der Waals surface area contributed by atoms with Crippen LogP contribution in [0.4, 0.5) is 15.9 Å². The zero-order valence-corrected chi connectivity index (χ0v) is 22.7. The third kappa shape index (κ3) is 4.19. The van der Waals surface area contributed by atoms with Gasteiger partial charge in [0.15, 0.2) is 11.5 Å². The first-order valence-electron chi connectivity index (χ1n) is 14.1. The van der Waals surface area contributed by atoms with Crippen LogP contribution in [-0.4, -0.2) is 101 Å². The van der Waals surface area contributed by atoms with Gasteiger partial charge in [-0.15, -0.1) is 10.2 Å². The number of piperidine rings is 1. The fraction of sp³-hybridized carbons (Fsp3) is 0.464. The van der Waals surface area contributed by atoms with Crippen molar-refractivity contribution in [1.82, 2.24) is 25.3 Å². The summed E-state index contributed by atoms with van der Waals surface area (Å²) in [6, 6.07) is 5.23. The average Bonchev–Trinajstić information content (AvgIpc) is 3.16. The predicted octanol–water partition coefficient (Wildman–Crippen LogP) is -0.0932. The van der Waals surface area contributed by atoms with Crippen molar-refractivity contribution in [3.63, 3.8) is 0 Å². The number of piperazine rings is 1. The zero-order valence-electron chi connectivity index (χ0n) is 22.7. The number of benzene rings is 1. The van der Waals surface area contributed by atoms with Gasteiger partial charge in [0.1, 0.15) is 11.9 Å². The summed E-state index contributed by atoms with van der Waals surface area (Å²) in [5, 5.41) is 10.2. The number of nitrogens with two attached hydrogens (primary N) is 1. The number of halogens is 1. The summed E-state index contributed by atoms with van der Waals surface area (Å²) in [6.07, 6.45) is 2.20. The molecule has 0 bridgehead atoms. The Morgan fingerprint density at radius 1 is 0.952 bits per heavy atom. The molecule has 1 saturated carbocycles. The maximum Gasteiger partial charge on any atom is 0.269 e. The number of primary amides is 1. The summed E-state index contributed by atoms with van der Waals surface area (Å²) < 4.78 is 15.3. The second-order valence-corrected chi connectivity index (χ2v) is 11.9. The molecule has 4 aliphatic heterocycles. The summed E-state index contributed by atoms with van der Waals surface area (Å²) in [5.41, 5.74) is 5.91. The van der Waals surface area contributed by atoms with Gasteiger partial charge >= 0.3 is 0 Å². The van der Waals surface area contributed by atoms with Crippen LogP contribution in [0.2, 0.25) is 0 Å². The summed E-state index contributed by atoms with van der Waals surface area (Å²) in [4.78, 5) is 68.5. The second kappa shape index (κ2) is 9.54. The summed E-state index contributed by atoms with van der Waals surface area (Å²) in [7, 11) is 0. The number of imide groups is 2. The first kappa shape index (κ1) is 26.4. The monoisotopic (exact) mass is 576 g/mol. The van der Waals surface area contributed by atoms with Gasteiger partial charge in [-0.3, -0.25) is 39.1 Å². The van der Waals surface area contributed by atoms with Crippen molar-refractivity contribution in [2.75, 3.05) is 49.1 Å². The van der Waals surface area contributed by atoms with E-state index in [-0.39, 0.29) is 40.8 Å². The quantitative estimate of drug-likeness (QED) is 0.460. The van der Waals surface area contributed by atoms with E-state index in [0.717, 1.165) is 55.8 Å². The highest BCUT2D eigenvalue weighted by molar-refractivity contribution is 6.23. The molecule has 5 aliphatic rings. The van der Waals surface area contributed by atoms with Gasteiger partial charge in [-0.1, -0.05) is 0 Å². The minimum Gasteiger partial charge on any atom is -0.367 e. The number of nitrogens with one attached hydrogen (secondary N) is 1. The van der Waals surface area contributed by atoms with E-state index < -0.39 is 41.4 Å². The highest BCUT2D eigenvalue weighted by Gasteiger charge is 2.54. The Bertz CT molecular complexity index is 1530. The van der Waals surface area contributed by atoms with Crippen LogP contribution in [0.3, 0.4) is 0 Å². The smallest absolute Gasteiger partial charge is 0.269 e. The van der Waals surface area contributed by atoms with Crippen LogP contribution in [-0.2, 0) is 9.59 Å². The summed E-state index contributed by atoms with van der Waals surface area (Å²) in [5.74, 6) is -2.96. The molecule has 1 aromatic carbocycles. The highest BCUT2D eigenvalue weighted by atomic mass is 19.1. The molecule has 1 aromatic heterocycles. The van der Waals surface area contributed by atoms with Gasteiger partial charge in [0, 0.05) is 57.1 Å². The number of amides is 5. The number of anilines is 2. The van der Waals surface area contributed by atoms with Crippen LogP contribution in [0.15, 0.2) is 24.3 Å². The number of hydrogen-bond acceptors (Lipinski definition) is 10. The topological polar surface area (TPSA) is 162 Å². The number of carbonyl (C=O) groups excluding carboxylic acids is 5. The first-order valence-corrected chi connectivity index (χ1v) is 14.1. The van der Waals surface area contributed by atoms with Gasteiger partial charge in [0.25, 0.3) is 17.7 Å². The van der Waals surface area contributed by atoms with Crippen molar-refractivity contribution in [3.8, 4) is 0 Å². The molecule has 13 nitrogen and oxygen atoms in total. The Hall–Kier alpha value is -4.46. The standard InChI is InChI=1S/C28H29FN8O5/c29-18-9-16-17(27(42)37(26(16)41)20-2-4-23(38)31-25(20)40)10-21(18)35-7-5-34(6-8-35)15-11-28(12-15)13-36(14-28)22-3-1-19(24(30)39)32-33-22/h1,3,9-10,15,20H,2,4-8,11-14H2,(H2,30,39)(H,31,38,40). The zero-order chi connectivity index (χ0) is 29.3. The molecule has 2 aromatic rings. The Morgan fingerprint density at radius 2 is 1.64 bits per heavy atom. The van der Waals surface area contributed by atoms with Gasteiger partial charge in [0.2, 0.25) is 11.8 Å². The maximum atomic E-state index is 15.3. The lowest BCUT2D eigenvalue weighted by Gasteiger charge is -2.62. The van der Waals surface area contributed by atoms with Crippen molar-refractivity contribution in [2.45, 2.75) is 37.8 Å². The van der Waals surface area contributed by atoms with Crippen molar-refractivity contribution >= 4 is 41.0 Å². The fourth-order valence-electron chi connectivity index (χ4n) is 7.06. The lowest BCUT2D eigenvalue weighted by Crippen LogP contribution is -2.68. The minimum absolute atomic E-state index is 0.0228. The van der Waals surface area contributed by atoms with Crippen LogP contribution in [0.25, 0.3) is 0 Å². The molecule has 42 heavy (non-hydrogen) atoms. The molecule has 218 valence electrons. The Balaban J connectivity index is 0.950. The molecule has 1 aliphatic carbocycles. The normalized spacial score (nSPS) is 24.0. The lowest BCUT2D eigenvalue weighted by molar-refractivity contribution is -0.136. The van der Waals surface area contributed by atoms with Crippen LogP contribution in [0.1, 0.15) is 56.9 Å². The number of carbonyl (C=O) groups is 5. The Labute approximate surface area is 239 Å². The molecule has 5 heterocycles. The number of aromatic nitrogens is 2. The fourth-order valence-corrected chi connectivity index (χ4v) is 7.06. The van der Waals surface area contributed by atoms with Crippen molar-refractivity contribution in [1.29, 1.82) is 0 Å². The number of nitrogens with zero attached hydrogens (tertiary/aromatic N) is 6. The highest BCUT2D eigenvalue weighted by Crippen LogP contribution is 2.51. The molecule has 14 heteroatoms. The van der Waals surface area contributed by atoms with Gasteiger partial charge < -0.3 is 15.5 Å². The van der Waals surface area contributed by atoms with Crippen molar-refractivity contribution in [3.05, 3.63) is 46.9 Å². The molecule has 3 saturated heterocycles. The van der Waals surface area contributed by atoms with E-state index in [1.165, 1.54) is 6.07 Å². The molecular weight excluding hydrogens is 547 g/mol. The third-order valence-corrected chi connectivity index (χ3v) is 9.30. The average molecular weight is 577 g/mol. The van der Waals surface area contributed by atoms with E-state index in [1.807, 2.05) is 4.90 Å². The maximum absolute atomic E-state index is 15.3. The van der Waals surface area contributed by atoms with Crippen LogP contribution in [0.5, 0.6) is 0 Å². The van der Waals surface area contributed by atoms with Crippen molar-refractivity contribution < 1.29 is 28.4 Å². The second-order valence-electron chi connectivity index (χ2n) is 11.9. The van der Waals surface area contributed by atoms with E-state index in [2.05, 4.69) is 25.3 Å². The molecule has 7 rings (SSSR count). The Kier molecular flexibility index (Phi) is 6.01. The molecule has 5 amide bonds. The number of hydrogen-bond donors (Lipinski definition) is 2. The van der Waals surface area contributed by atoms with Crippen LogP contribution < -0.4 is 20.9 Å². The molecule has 1 atom stereocenters. The summed E-state index contributed by atoms with van der Waals surface area (Å²) >= 11 is 0. The predicted molar refractivity (Wildman–Crippen MR) is 145 cm³/mol. The largest absolute Gasteiger partial charge is 0.367 e. The molecule has 0 radical (unpaired) electrons. The first-order chi connectivity index (χ1) is 20.1. The van der Waals surface area contributed by atoms with E-state index in [0.29, 0.717) is 19.1 Å². The van der Waals surface area contributed by atoms with E-state index in [1.54, 1.807) is 12.1 Å².